The van der Waals surface area contributed by atoms with Crippen molar-refractivity contribution < 1.29 is 14.3 Å². The van der Waals surface area contributed by atoms with Crippen molar-refractivity contribution >= 4 is 23.6 Å². The van der Waals surface area contributed by atoms with E-state index >= 15 is 0 Å². The van der Waals surface area contributed by atoms with Gasteiger partial charge in [-0.1, -0.05) is 31.0 Å². The summed E-state index contributed by atoms with van der Waals surface area (Å²) in [6.07, 6.45) is 3.17. The SMILES string of the molecule is CCC[C@H](C)N1CC2(CCN(C(=O)c3cc(Cl)ccc3C)CC2)OC1=O. The molecule has 0 bridgehead atoms. The first-order valence-electron chi connectivity index (χ1n) is 9.40. The smallest absolute Gasteiger partial charge is 0.410 e. The first kappa shape index (κ1) is 19.0. The minimum absolute atomic E-state index is 0.000352. The maximum atomic E-state index is 12.8. The average molecular weight is 379 g/mol. The van der Waals surface area contributed by atoms with Crippen molar-refractivity contribution in [1.29, 1.82) is 0 Å². The van der Waals surface area contributed by atoms with Crippen molar-refractivity contribution in [3.05, 3.63) is 34.3 Å². The minimum Gasteiger partial charge on any atom is -0.441 e. The summed E-state index contributed by atoms with van der Waals surface area (Å²) in [5.74, 6) is 0.000352. The molecular weight excluding hydrogens is 352 g/mol. The molecule has 1 atom stereocenters. The third-order valence-corrected chi connectivity index (χ3v) is 5.86. The van der Waals surface area contributed by atoms with Crippen LogP contribution in [0.3, 0.4) is 0 Å². The van der Waals surface area contributed by atoms with Gasteiger partial charge in [0.1, 0.15) is 5.60 Å². The number of carbonyl (C=O) groups excluding carboxylic acids is 2. The molecule has 0 aliphatic carbocycles. The van der Waals surface area contributed by atoms with Crippen LogP contribution in [0.1, 0.15) is 55.5 Å². The average Bonchev–Trinajstić information content (AvgIpc) is 2.93. The molecule has 0 radical (unpaired) electrons. The van der Waals surface area contributed by atoms with Crippen molar-refractivity contribution in [3.8, 4) is 0 Å². The molecule has 0 aromatic heterocycles. The summed E-state index contributed by atoms with van der Waals surface area (Å²) in [4.78, 5) is 28.8. The molecule has 0 N–H and O–H groups in total. The van der Waals surface area contributed by atoms with E-state index in [4.69, 9.17) is 16.3 Å². The molecule has 6 heteroatoms. The Morgan fingerprint density at radius 1 is 1.35 bits per heavy atom. The molecule has 2 aliphatic rings. The van der Waals surface area contributed by atoms with E-state index in [0.29, 0.717) is 43.1 Å². The lowest BCUT2D eigenvalue weighted by molar-refractivity contribution is 0.00305. The topological polar surface area (TPSA) is 49.9 Å². The molecule has 2 fully saturated rings. The Balaban J connectivity index is 1.65. The highest BCUT2D eigenvalue weighted by molar-refractivity contribution is 6.31. The summed E-state index contributed by atoms with van der Waals surface area (Å²) in [6, 6.07) is 5.59. The van der Waals surface area contributed by atoms with Crippen LogP contribution in [0.15, 0.2) is 18.2 Å². The molecule has 26 heavy (non-hydrogen) atoms. The van der Waals surface area contributed by atoms with Gasteiger partial charge in [-0.05, 0) is 38.0 Å². The molecule has 2 heterocycles. The third kappa shape index (κ3) is 3.68. The van der Waals surface area contributed by atoms with Crippen LogP contribution < -0.4 is 0 Å². The maximum Gasteiger partial charge on any atom is 0.410 e. The quantitative estimate of drug-likeness (QED) is 0.786. The fraction of sp³-hybridized carbons (Fsp3) is 0.600. The van der Waals surface area contributed by atoms with Crippen molar-refractivity contribution in [2.24, 2.45) is 0 Å². The van der Waals surface area contributed by atoms with Gasteiger partial charge < -0.3 is 14.5 Å². The Bertz CT molecular complexity index is 698. The number of nitrogens with zero attached hydrogens (tertiary/aromatic N) is 2. The Morgan fingerprint density at radius 3 is 2.69 bits per heavy atom. The summed E-state index contributed by atoms with van der Waals surface area (Å²) in [5.41, 5.74) is 1.13. The van der Waals surface area contributed by atoms with E-state index in [0.717, 1.165) is 18.4 Å². The number of halogens is 1. The van der Waals surface area contributed by atoms with Crippen molar-refractivity contribution in [3.63, 3.8) is 0 Å². The summed E-state index contributed by atoms with van der Waals surface area (Å²) in [6.45, 7) is 7.92. The number of hydrogen-bond acceptors (Lipinski definition) is 3. The molecule has 142 valence electrons. The number of amides is 2. The first-order chi connectivity index (χ1) is 12.3. The van der Waals surface area contributed by atoms with Gasteiger partial charge >= 0.3 is 6.09 Å². The van der Waals surface area contributed by atoms with Crippen LogP contribution in [0.5, 0.6) is 0 Å². The van der Waals surface area contributed by atoms with E-state index < -0.39 is 5.60 Å². The van der Waals surface area contributed by atoms with Crippen LogP contribution in [-0.4, -0.2) is 53.1 Å². The second kappa shape index (κ2) is 7.47. The third-order valence-electron chi connectivity index (χ3n) is 5.63. The van der Waals surface area contributed by atoms with Gasteiger partial charge in [0.25, 0.3) is 5.91 Å². The van der Waals surface area contributed by atoms with E-state index in [1.54, 1.807) is 12.1 Å². The predicted octanol–water partition coefficient (Wildman–Crippen LogP) is 4.26. The van der Waals surface area contributed by atoms with Crippen LogP contribution in [0.2, 0.25) is 5.02 Å². The summed E-state index contributed by atoms with van der Waals surface area (Å²) < 4.78 is 5.77. The first-order valence-corrected chi connectivity index (χ1v) is 9.78. The highest BCUT2D eigenvalue weighted by Crippen LogP contribution is 2.35. The fourth-order valence-corrected chi connectivity index (χ4v) is 4.11. The monoisotopic (exact) mass is 378 g/mol. The largest absolute Gasteiger partial charge is 0.441 e. The molecule has 1 spiro atoms. The van der Waals surface area contributed by atoms with Crippen LogP contribution in [0, 0.1) is 6.92 Å². The minimum atomic E-state index is -0.445. The number of likely N-dealkylation sites (tertiary alicyclic amines) is 1. The second-order valence-electron chi connectivity index (χ2n) is 7.57. The Kier molecular flexibility index (Phi) is 5.47. The summed E-state index contributed by atoms with van der Waals surface area (Å²) >= 11 is 6.05. The number of benzene rings is 1. The zero-order chi connectivity index (χ0) is 18.9. The number of ether oxygens (including phenoxy) is 1. The Morgan fingerprint density at radius 2 is 2.04 bits per heavy atom. The highest BCUT2D eigenvalue weighted by Gasteiger charge is 2.48. The van der Waals surface area contributed by atoms with Crippen LogP contribution in [0.4, 0.5) is 4.79 Å². The predicted molar refractivity (Wildman–Crippen MR) is 102 cm³/mol. The molecule has 2 aliphatic heterocycles. The lowest BCUT2D eigenvalue weighted by atomic mass is 9.90. The molecule has 1 aromatic carbocycles. The van der Waals surface area contributed by atoms with Gasteiger partial charge in [-0.25, -0.2) is 4.79 Å². The van der Waals surface area contributed by atoms with Gasteiger partial charge in [0.05, 0.1) is 6.54 Å². The maximum absolute atomic E-state index is 12.8. The van der Waals surface area contributed by atoms with Crippen LogP contribution >= 0.6 is 11.6 Å². The molecule has 2 saturated heterocycles. The summed E-state index contributed by atoms with van der Waals surface area (Å²) in [5, 5.41) is 0.567. The van der Waals surface area contributed by atoms with Gasteiger partial charge in [0, 0.05) is 42.6 Å². The number of aryl methyl sites for hydroxylation is 1. The molecular formula is C20H27ClN2O3. The second-order valence-corrected chi connectivity index (χ2v) is 8.00. The molecule has 0 unspecified atom stereocenters. The highest BCUT2D eigenvalue weighted by atomic mass is 35.5. The lowest BCUT2D eigenvalue weighted by Crippen LogP contribution is -2.49. The molecule has 0 saturated carbocycles. The van der Waals surface area contributed by atoms with Gasteiger partial charge in [-0.2, -0.15) is 0 Å². The number of carbonyl (C=O) groups is 2. The van der Waals surface area contributed by atoms with Gasteiger partial charge in [0.15, 0.2) is 0 Å². The Hall–Kier alpha value is -1.75. The zero-order valence-electron chi connectivity index (χ0n) is 15.8. The lowest BCUT2D eigenvalue weighted by Gasteiger charge is -2.37. The van der Waals surface area contributed by atoms with Crippen molar-refractivity contribution in [1.82, 2.24) is 9.80 Å². The molecule has 5 nitrogen and oxygen atoms in total. The zero-order valence-corrected chi connectivity index (χ0v) is 16.5. The van der Waals surface area contributed by atoms with Crippen LogP contribution in [0.25, 0.3) is 0 Å². The van der Waals surface area contributed by atoms with E-state index in [1.807, 2.05) is 22.8 Å². The number of rotatable bonds is 4. The number of piperidine rings is 1. The normalized spacial score (nSPS) is 20.4. The molecule has 3 rings (SSSR count). The van der Waals surface area contributed by atoms with Crippen LogP contribution in [-0.2, 0) is 4.74 Å². The molecule has 2 amide bonds. The standard InChI is InChI=1S/C20H27ClN2O3/c1-4-5-15(3)23-13-20(26-19(23)25)8-10-22(11-9-20)18(24)17-12-16(21)7-6-14(17)2/h6-7,12,15H,4-5,8-11,13H2,1-3H3/t15-/m0/s1. The Labute approximate surface area is 160 Å². The van der Waals surface area contributed by atoms with E-state index in [1.165, 1.54) is 0 Å². The van der Waals surface area contributed by atoms with Gasteiger partial charge in [-0.3, -0.25) is 4.79 Å². The van der Waals surface area contributed by atoms with E-state index in [-0.39, 0.29) is 18.0 Å². The molecule has 1 aromatic rings. The number of hydrogen-bond donors (Lipinski definition) is 0. The van der Waals surface area contributed by atoms with Crippen molar-refractivity contribution in [2.45, 2.75) is 58.1 Å². The van der Waals surface area contributed by atoms with Crippen molar-refractivity contribution in [2.75, 3.05) is 19.6 Å². The summed E-state index contributed by atoms with van der Waals surface area (Å²) in [7, 11) is 0. The fourth-order valence-electron chi connectivity index (χ4n) is 3.93. The van der Waals surface area contributed by atoms with E-state index in [9.17, 15) is 9.59 Å². The van der Waals surface area contributed by atoms with E-state index in [2.05, 4.69) is 13.8 Å². The van der Waals surface area contributed by atoms with Gasteiger partial charge in [-0.15, -0.1) is 0 Å². The van der Waals surface area contributed by atoms with Gasteiger partial charge in [0.2, 0.25) is 0 Å².